The molecule has 0 aromatic heterocycles. The molecule has 2 aliphatic heterocycles. The Labute approximate surface area is 136 Å². The van der Waals surface area contributed by atoms with Gasteiger partial charge in [-0.3, -0.25) is 10.1 Å². The van der Waals surface area contributed by atoms with E-state index in [0.717, 1.165) is 6.34 Å². The fourth-order valence-corrected chi connectivity index (χ4v) is 2.41. The van der Waals surface area contributed by atoms with Gasteiger partial charge in [0, 0.05) is 6.20 Å². The number of rotatable bonds is 5. The van der Waals surface area contributed by atoms with E-state index in [4.69, 9.17) is 15.0 Å². The Kier molecular flexibility index (Phi) is 4.34. The van der Waals surface area contributed by atoms with Crippen molar-refractivity contribution in [3.63, 3.8) is 0 Å². The van der Waals surface area contributed by atoms with Crippen molar-refractivity contribution in [2.75, 3.05) is 0 Å². The molecule has 0 radical (unpaired) electrons. The minimum atomic E-state index is -3.59. The maximum absolute atomic E-state index is 13.1. The normalized spacial score (nSPS) is 27.8. The summed E-state index contributed by atoms with van der Waals surface area (Å²) in [5.74, 6) is 0.760. The van der Waals surface area contributed by atoms with Gasteiger partial charge in [0.1, 0.15) is 17.6 Å². The zero-order chi connectivity index (χ0) is 17.2. The summed E-state index contributed by atoms with van der Waals surface area (Å²) in [7, 11) is 0. The van der Waals surface area contributed by atoms with Gasteiger partial charge in [-0.1, -0.05) is 17.8 Å². The van der Waals surface area contributed by atoms with Gasteiger partial charge in [-0.2, -0.15) is 0 Å². The second-order valence-electron chi connectivity index (χ2n) is 5.11. The van der Waals surface area contributed by atoms with Crippen molar-refractivity contribution >= 4 is 12.2 Å². The number of fused-ring (bicyclic) bond motifs is 1. The first-order valence-electron chi connectivity index (χ1n) is 7.15. The fraction of sp³-hybridized carbons (Fsp3) is 0.333. The summed E-state index contributed by atoms with van der Waals surface area (Å²) in [6, 6.07) is 0. The fourth-order valence-electron chi connectivity index (χ4n) is 2.41. The lowest BCUT2D eigenvalue weighted by molar-refractivity contribution is -0.341. The van der Waals surface area contributed by atoms with Crippen molar-refractivity contribution in [1.82, 2.24) is 5.32 Å². The monoisotopic (exact) mass is 339 g/mol. The number of nitrogens with one attached hydrogen (secondary N) is 2. The van der Waals surface area contributed by atoms with Gasteiger partial charge >= 0.3 is 6.29 Å². The molecule has 1 unspecified atom stereocenters. The number of ether oxygens (including phenoxy) is 3. The van der Waals surface area contributed by atoms with E-state index in [1.807, 2.05) is 0 Å². The molecule has 0 aromatic carbocycles. The van der Waals surface area contributed by atoms with Crippen LogP contribution in [0.4, 0.5) is 8.78 Å². The molecule has 0 spiro atoms. The molecule has 7 nitrogen and oxygen atoms in total. The van der Waals surface area contributed by atoms with Crippen molar-refractivity contribution in [3.8, 4) is 0 Å². The van der Waals surface area contributed by atoms with Crippen LogP contribution in [0.2, 0.25) is 0 Å². The van der Waals surface area contributed by atoms with Crippen LogP contribution in [0.15, 0.2) is 53.3 Å². The van der Waals surface area contributed by atoms with Gasteiger partial charge in [0.15, 0.2) is 6.10 Å². The Hall–Kier alpha value is -2.68. The number of halogens is 2. The van der Waals surface area contributed by atoms with Crippen molar-refractivity contribution in [2.45, 2.75) is 31.3 Å². The zero-order valence-electron chi connectivity index (χ0n) is 12.5. The number of hydrogen-bond acceptors (Lipinski definition) is 6. The van der Waals surface area contributed by atoms with E-state index in [1.165, 1.54) is 18.4 Å². The van der Waals surface area contributed by atoms with Gasteiger partial charge < -0.3 is 19.6 Å². The molecule has 0 saturated carbocycles. The van der Waals surface area contributed by atoms with Crippen molar-refractivity contribution in [3.05, 3.63) is 48.1 Å². The van der Waals surface area contributed by atoms with Gasteiger partial charge in [-0.15, -0.1) is 8.78 Å². The first-order valence-corrected chi connectivity index (χ1v) is 7.15. The molecule has 24 heavy (non-hydrogen) atoms. The highest BCUT2D eigenvalue weighted by Gasteiger charge is 2.48. The number of hydrogen-bond donors (Lipinski definition) is 2. The van der Waals surface area contributed by atoms with Crippen molar-refractivity contribution < 1.29 is 27.8 Å². The van der Waals surface area contributed by atoms with Crippen LogP contribution in [0.3, 0.4) is 0 Å². The molecular weight excluding hydrogens is 324 g/mol. The highest BCUT2D eigenvalue weighted by atomic mass is 19.3. The summed E-state index contributed by atoms with van der Waals surface area (Å²) in [6.07, 6.45) is 2.89. The van der Waals surface area contributed by atoms with Gasteiger partial charge in [-0.05, 0) is 24.1 Å². The lowest BCUT2D eigenvalue weighted by Crippen LogP contribution is -2.19. The van der Waals surface area contributed by atoms with Crippen LogP contribution in [0.5, 0.6) is 0 Å². The Morgan fingerprint density at radius 3 is 3.08 bits per heavy atom. The minimum Gasteiger partial charge on any atom is -0.438 e. The number of oxime groups is 1. The predicted octanol–water partition coefficient (Wildman–Crippen LogP) is 2.51. The van der Waals surface area contributed by atoms with E-state index < -0.39 is 18.5 Å². The smallest absolute Gasteiger partial charge is 0.438 e. The molecule has 0 bridgehead atoms. The van der Waals surface area contributed by atoms with E-state index >= 15 is 0 Å². The molecule has 1 saturated heterocycles. The van der Waals surface area contributed by atoms with Crippen LogP contribution in [-0.2, 0) is 19.0 Å². The highest BCUT2D eigenvalue weighted by molar-refractivity contribution is 5.79. The second-order valence-corrected chi connectivity index (χ2v) is 5.11. The third-order valence-corrected chi connectivity index (χ3v) is 3.47. The van der Waals surface area contributed by atoms with Gasteiger partial charge in [0.05, 0.1) is 12.8 Å². The summed E-state index contributed by atoms with van der Waals surface area (Å²) in [4.78, 5) is 5.29. The third-order valence-electron chi connectivity index (χ3n) is 3.47. The van der Waals surface area contributed by atoms with Crippen LogP contribution in [0.25, 0.3) is 0 Å². The lowest BCUT2D eigenvalue weighted by Gasteiger charge is -2.16. The van der Waals surface area contributed by atoms with Gasteiger partial charge in [0.2, 0.25) is 5.90 Å². The number of alkyl halides is 2. The Balaban J connectivity index is 1.60. The zero-order valence-corrected chi connectivity index (χ0v) is 12.5. The molecule has 1 fully saturated rings. The Morgan fingerprint density at radius 2 is 2.33 bits per heavy atom. The van der Waals surface area contributed by atoms with E-state index in [1.54, 1.807) is 6.08 Å². The largest absolute Gasteiger partial charge is 0.535 e. The minimum absolute atomic E-state index is 0.0809. The molecule has 3 aliphatic rings. The molecule has 1 aliphatic carbocycles. The quantitative estimate of drug-likeness (QED) is 0.348. The van der Waals surface area contributed by atoms with Crippen molar-refractivity contribution in [1.29, 1.82) is 5.41 Å². The van der Waals surface area contributed by atoms with Crippen LogP contribution in [0, 0.1) is 5.41 Å². The van der Waals surface area contributed by atoms with Crippen LogP contribution >= 0.6 is 0 Å². The molecule has 2 heterocycles. The molecule has 128 valence electrons. The Morgan fingerprint density at radius 1 is 1.50 bits per heavy atom. The van der Waals surface area contributed by atoms with Gasteiger partial charge in [0.25, 0.3) is 0 Å². The molecule has 9 heteroatoms. The molecule has 2 N–H and O–H groups in total. The average Bonchev–Trinajstić information content (AvgIpc) is 3.12. The summed E-state index contributed by atoms with van der Waals surface area (Å²) in [5.41, 5.74) is 0.673. The lowest BCUT2D eigenvalue weighted by atomic mass is 9.98. The molecular formula is C15H15F2N3O4. The summed E-state index contributed by atoms with van der Waals surface area (Å²) < 4.78 is 40.6. The van der Waals surface area contributed by atoms with Crippen LogP contribution < -0.4 is 5.32 Å². The summed E-state index contributed by atoms with van der Waals surface area (Å²) in [6.45, 7) is 3.59. The SMILES string of the molecule is C=C/C(=C\NC=N)OC1=NO[C@H](C2=CCC3OC(F)(F)OC3=C2)C1. The van der Waals surface area contributed by atoms with Crippen LogP contribution in [-0.4, -0.2) is 30.7 Å². The average molecular weight is 339 g/mol. The van der Waals surface area contributed by atoms with Gasteiger partial charge in [-0.25, -0.2) is 0 Å². The number of nitrogens with zero attached hydrogens (tertiary/aromatic N) is 1. The van der Waals surface area contributed by atoms with E-state index in [-0.39, 0.29) is 12.2 Å². The van der Waals surface area contributed by atoms with Crippen LogP contribution in [0.1, 0.15) is 12.8 Å². The third kappa shape index (κ3) is 3.46. The summed E-state index contributed by atoms with van der Waals surface area (Å²) in [5, 5.41) is 13.3. The summed E-state index contributed by atoms with van der Waals surface area (Å²) >= 11 is 0. The van der Waals surface area contributed by atoms with E-state index in [9.17, 15) is 8.78 Å². The predicted molar refractivity (Wildman–Crippen MR) is 79.9 cm³/mol. The second kappa shape index (κ2) is 6.44. The standard InChI is InChI=1S/C15H15F2N3O4/c1-2-10(7-19-8-18)21-14-6-12(24-20-14)9-3-4-11-13(5-9)23-15(16,17)22-11/h2-3,5,7-8,11-12H,1,4,6H2,(H2,18,19)/b10-7+/t11?,12-/m0/s1. The molecule has 2 atom stereocenters. The highest BCUT2D eigenvalue weighted by Crippen LogP contribution is 2.39. The van der Waals surface area contributed by atoms with E-state index in [2.05, 4.69) is 26.5 Å². The molecule has 3 rings (SSSR count). The number of allylic oxidation sites excluding steroid dienone is 1. The molecule has 0 amide bonds. The van der Waals surface area contributed by atoms with Crippen molar-refractivity contribution in [2.24, 2.45) is 5.16 Å². The van der Waals surface area contributed by atoms with E-state index in [0.29, 0.717) is 23.7 Å². The topological polar surface area (TPSA) is 85.2 Å². The maximum atomic E-state index is 13.1. The molecule has 0 aromatic rings. The Bertz CT molecular complexity index is 670. The maximum Gasteiger partial charge on any atom is 0.535 e. The first-order chi connectivity index (χ1) is 11.5. The first kappa shape index (κ1) is 16.2.